The molecule has 1 atom stereocenters. The molecule has 31 heavy (non-hydrogen) atoms. The molecule has 4 rings (SSSR count). The van der Waals surface area contributed by atoms with E-state index < -0.39 is 11.1 Å². The van der Waals surface area contributed by atoms with Gasteiger partial charge in [-0.25, -0.2) is 19.0 Å². The monoisotopic (exact) mass is 457 g/mol. The lowest BCUT2D eigenvalue weighted by atomic mass is 10.1. The molecule has 3 heterocycles. The van der Waals surface area contributed by atoms with Gasteiger partial charge in [0.05, 0.1) is 17.6 Å². The Labute approximate surface area is 187 Å². The molecule has 0 spiro atoms. The summed E-state index contributed by atoms with van der Waals surface area (Å²) < 4.78 is 25.2. The summed E-state index contributed by atoms with van der Waals surface area (Å²) in [6.45, 7) is 4.81. The van der Waals surface area contributed by atoms with Crippen LogP contribution in [0.15, 0.2) is 42.5 Å². The molecule has 0 saturated heterocycles. The molecule has 1 aromatic carbocycles. The van der Waals surface area contributed by atoms with Gasteiger partial charge >= 0.3 is 6.09 Å². The largest absolute Gasteiger partial charge is 0.447 e. The molecule has 9 heteroatoms. The fraction of sp³-hybridized carbons (Fsp3) is 0.318. The second-order valence-corrected chi connectivity index (χ2v) is 9.47. The van der Waals surface area contributed by atoms with E-state index in [9.17, 15) is 9.00 Å². The molecule has 162 valence electrons. The maximum atomic E-state index is 12.1. The first-order valence-electron chi connectivity index (χ1n) is 9.98. The summed E-state index contributed by atoms with van der Waals surface area (Å²) in [7, 11) is 0. The van der Waals surface area contributed by atoms with Gasteiger partial charge in [-0.1, -0.05) is 41.7 Å². The van der Waals surface area contributed by atoms with Gasteiger partial charge in [-0.3, -0.25) is 0 Å². The van der Waals surface area contributed by atoms with Gasteiger partial charge in [-0.2, -0.15) is 0 Å². The van der Waals surface area contributed by atoms with E-state index in [0.29, 0.717) is 13.1 Å². The number of fused-ring (bicyclic) bond motifs is 1. The average molecular weight is 458 g/mol. The van der Waals surface area contributed by atoms with E-state index >= 15 is 0 Å². The SMILES string of the molecule is CC(C)OC(=O)N1CC=C(c2nc3ccc(-c4ccc(CS(=O)O)cc4)nc3s2)CC1. The normalized spacial score (nSPS) is 15.2. The molecular weight excluding hydrogens is 434 g/mol. The van der Waals surface area contributed by atoms with Crippen molar-refractivity contribution in [1.82, 2.24) is 14.9 Å². The van der Waals surface area contributed by atoms with E-state index in [-0.39, 0.29) is 18.0 Å². The van der Waals surface area contributed by atoms with Crippen LogP contribution in [0.4, 0.5) is 4.79 Å². The zero-order valence-corrected chi connectivity index (χ0v) is 18.9. The van der Waals surface area contributed by atoms with Crippen molar-refractivity contribution >= 4 is 44.4 Å². The highest BCUT2D eigenvalue weighted by Crippen LogP contribution is 2.31. The van der Waals surface area contributed by atoms with Gasteiger partial charge in [0, 0.05) is 18.7 Å². The number of ether oxygens (including phenoxy) is 1. The zero-order chi connectivity index (χ0) is 22.0. The Morgan fingerprint density at radius 3 is 2.65 bits per heavy atom. The second kappa shape index (κ2) is 9.25. The van der Waals surface area contributed by atoms with Gasteiger partial charge in [0.15, 0.2) is 11.1 Å². The third-order valence-corrected chi connectivity index (χ3v) is 6.49. The number of thiazole rings is 1. The minimum absolute atomic E-state index is 0.118. The summed E-state index contributed by atoms with van der Waals surface area (Å²) in [4.78, 5) is 24.1. The number of carbonyl (C=O) groups excluding carboxylic acids is 1. The highest BCUT2D eigenvalue weighted by Gasteiger charge is 2.21. The van der Waals surface area contributed by atoms with E-state index in [1.807, 2.05) is 56.3 Å². The van der Waals surface area contributed by atoms with E-state index in [1.54, 1.807) is 16.2 Å². The lowest BCUT2D eigenvalue weighted by molar-refractivity contribution is 0.0799. The maximum Gasteiger partial charge on any atom is 0.410 e. The molecule has 1 aliphatic rings. The van der Waals surface area contributed by atoms with Crippen LogP contribution in [0.25, 0.3) is 27.2 Å². The molecular formula is C22H23N3O4S2. The number of hydrogen-bond donors (Lipinski definition) is 1. The Morgan fingerprint density at radius 2 is 2.00 bits per heavy atom. The van der Waals surface area contributed by atoms with E-state index in [0.717, 1.165) is 44.2 Å². The number of carbonyl (C=O) groups is 1. The molecule has 0 aliphatic carbocycles. The predicted octanol–water partition coefficient (Wildman–Crippen LogP) is 4.71. The van der Waals surface area contributed by atoms with Crippen LogP contribution in [-0.2, 0) is 21.6 Å². The minimum Gasteiger partial charge on any atom is -0.447 e. The molecule has 1 N–H and O–H groups in total. The number of aromatic nitrogens is 2. The summed E-state index contributed by atoms with van der Waals surface area (Å²) in [5, 5.41) is 0.928. The molecule has 0 saturated carbocycles. The highest BCUT2D eigenvalue weighted by atomic mass is 32.2. The first-order chi connectivity index (χ1) is 14.9. The van der Waals surface area contributed by atoms with Crippen molar-refractivity contribution in [2.75, 3.05) is 13.1 Å². The smallest absolute Gasteiger partial charge is 0.410 e. The van der Waals surface area contributed by atoms with Crippen LogP contribution < -0.4 is 0 Å². The summed E-state index contributed by atoms with van der Waals surface area (Å²) in [5.74, 6) is 0.118. The lowest BCUT2D eigenvalue weighted by Crippen LogP contribution is -2.36. The molecule has 0 fully saturated rings. The van der Waals surface area contributed by atoms with Crippen LogP contribution in [0.2, 0.25) is 0 Å². The fourth-order valence-corrected chi connectivity index (χ4v) is 4.82. The van der Waals surface area contributed by atoms with Crippen molar-refractivity contribution in [1.29, 1.82) is 0 Å². The van der Waals surface area contributed by atoms with Gasteiger partial charge in [0.1, 0.15) is 15.4 Å². The van der Waals surface area contributed by atoms with Crippen LogP contribution >= 0.6 is 11.3 Å². The first kappa shape index (κ1) is 21.6. The summed E-state index contributed by atoms with van der Waals surface area (Å²) in [6, 6.07) is 11.4. The number of hydrogen-bond acceptors (Lipinski definition) is 6. The molecule has 0 radical (unpaired) electrons. The molecule has 1 aliphatic heterocycles. The third kappa shape index (κ3) is 5.17. The Kier molecular flexibility index (Phi) is 6.45. The third-order valence-electron chi connectivity index (χ3n) is 4.87. The summed E-state index contributed by atoms with van der Waals surface area (Å²) in [6.07, 6.45) is 2.36. The van der Waals surface area contributed by atoms with Gasteiger partial charge in [-0.15, -0.1) is 0 Å². The van der Waals surface area contributed by atoms with Crippen LogP contribution in [0, 0.1) is 0 Å². The minimum atomic E-state index is -1.85. The van der Waals surface area contributed by atoms with Crippen molar-refractivity contribution in [2.24, 2.45) is 0 Å². The Balaban J connectivity index is 1.51. The Bertz CT molecular complexity index is 1160. The van der Waals surface area contributed by atoms with Crippen LogP contribution in [0.1, 0.15) is 30.8 Å². The number of benzene rings is 1. The second-order valence-electron chi connectivity index (χ2n) is 7.56. The molecule has 3 aromatic rings. The maximum absolute atomic E-state index is 12.1. The van der Waals surface area contributed by atoms with Gasteiger partial charge < -0.3 is 14.2 Å². The topological polar surface area (TPSA) is 92.6 Å². The van der Waals surface area contributed by atoms with Crippen LogP contribution in [0.3, 0.4) is 0 Å². The Hall–Kier alpha value is -2.62. The molecule has 1 amide bonds. The molecule has 0 bridgehead atoms. The number of amides is 1. The first-order valence-corrected chi connectivity index (χ1v) is 12.1. The highest BCUT2D eigenvalue weighted by molar-refractivity contribution is 7.78. The number of pyridine rings is 1. The van der Waals surface area contributed by atoms with Gasteiger partial charge in [0.2, 0.25) is 0 Å². The Morgan fingerprint density at radius 1 is 1.23 bits per heavy atom. The predicted molar refractivity (Wildman–Crippen MR) is 123 cm³/mol. The van der Waals surface area contributed by atoms with Crippen LogP contribution in [-0.4, -0.2) is 48.9 Å². The van der Waals surface area contributed by atoms with Crippen molar-refractivity contribution in [3.05, 3.63) is 53.0 Å². The molecule has 2 aromatic heterocycles. The van der Waals surface area contributed by atoms with E-state index in [1.165, 1.54) is 0 Å². The van der Waals surface area contributed by atoms with Crippen molar-refractivity contribution in [3.63, 3.8) is 0 Å². The van der Waals surface area contributed by atoms with Crippen molar-refractivity contribution < 1.29 is 18.3 Å². The fourth-order valence-electron chi connectivity index (χ4n) is 3.33. The molecule has 1 unspecified atom stereocenters. The average Bonchev–Trinajstić information content (AvgIpc) is 3.17. The number of nitrogens with zero attached hydrogens (tertiary/aromatic N) is 3. The van der Waals surface area contributed by atoms with Gasteiger partial charge in [-0.05, 0) is 43.5 Å². The van der Waals surface area contributed by atoms with Crippen molar-refractivity contribution in [2.45, 2.75) is 32.1 Å². The van der Waals surface area contributed by atoms with E-state index in [4.69, 9.17) is 19.3 Å². The molecule has 7 nitrogen and oxygen atoms in total. The van der Waals surface area contributed by atoms with Crippen molar-refractivity contribution in [3.8, 4) is 11.3 Å². The van der Waals surface area contributed by atoms with E-state index in [2.05, 4.69) is 0 Å². The summed E-state index contributed by atoms with van der Waals surface area (Å²) in [5.41, 5.74) is 4.56. The lowest BCUT2D eigenvalue weighted by Gasteiger charge is -2.26. The standard InChI is InChI=1S/C22H23N3O4S2/c1-14(2)29-22(26)25-11-9-17(10-12-25)20-24-19-8-7-18(23-21(19)30-20)16-5-3-15(4-6-16)13-31(27)28/h3-9,14H,10-13H2,1-2H3,(H,27,28). The zero-order valence-electron chi connectivity index (χ0n) is 17.3. The number of rotatable bonds is 5. The quantitative estimate of drug-likeness (QED) is 0.558. The van der Waals surface area contributed by atoms with Gasteiger partial charge in [0.25, 0.3) is 0 Å². The van der Waals surface area contributed by atoms with Crippen LogP contribution in [0.5, 0.6) is 0 Å². The summed E-state index contributed by atoms with van der Waals surface area (Å²) >= 11 is -0.304.